The van der Waals surface area contributed by atoms with Crippen molar-refractivity contribution in [1.82, 2.24) is 14.8 Å². The number of hydrogen-bond donors (Lipinski definition) is 1. The van der Waals surface area contributed by atoms with Gasteiger partial charge in [0.05, 0.1) is 12.7 Å². The van der Waals surface area contributed by atoms with E-state index in [0.717, 1.165) is 25.3 Å². The van der Waals surface area contributed by atoms with Crippen molar-refractivity contribution in [2.45, 2.75) is 44.2 Å². The zero-order valence-electron chi connectivity index (χ0n) is 18.1. The molecule has 0 spiro atoms. The number of H-pyrrole nitrogens is 1. The maximum atomic E-state index is 13.2. The normalized spacial score (nSPS) is 28.1. The minimum Gasteiger partial charge on any atom is -0.497 e. The number of aromatic nitrogens is 1. The number of carbonyl (C=O) groups is 1. The van der Waals surface area contributed by atoms with Gasteiger partial charge in [-0.15, -0.1) is 0 Å². The first-order chi connectivity index (χ1) is 15.1. The summed E-state index contributed by atoms with van der Waals surface area (Å²) < 4.78 is 5.45. The van der Waals surface area contributed by atoms with Gasteiger partial charge in [-0.05, 0) is 67.8 Å². The number of nitrogens with zero attached hydrogens (tertiary/aromatic N) is 2. The summed E-state index contributed by atoms with van der Waals surface area (Å²) in [6, 6.07) is 12.5. The molecule has 3 fully saturated rings. The number of aromatic amines is 1. The molecule has 3 saturated heterocycles. The SMILES string of the molecule is COc1cccc(C[C@H]2[C@H]3C[C@H](CN(C(=O)c4ccc(=O)[nH]c4)C3)[C@@H]3CCCCN32)c1. The molecule has 4 atom stereocenters. The first-order valence-electron chi connectivity index (χ1n) is 11.5. The number of benzene rings is 1. The molecule has 1 aromatic heterocycles. The average Bonchev–Trinajstić information content (AvgIpc) is 2.82. The Morgan fingerprint density at radius 3 is 2.84 bits per heavy atom. The van der Waals surface area contributed by atoms with Crippen LogP contribution in [0, 0.1) is 11.8 Å². The lowest BCUT2D eigenvalue weighted by Gasteiger charge is -2.57. The lowest BCUT2D eigenvalue weighted by Crippen LogP contribution is -2.64. The maximum absolute atomic E-state index is 13.2. The van der Waals surface area contributed by atoms with E-state index in [9.17, 15) is 9.59 Å². The summed E-state index contributed by atoms with van der Waals surface area (Å²) in [6.07, 6.45) is 7.52. The summed E-state index contributed by atoms with van der Waals surface area (Å²) in [7, 11) is 1.71. The van der Waals surface area contributed by atoms with Crippen LogP contribution in [-0.2, 0) is 6.42 Å². The van der Waals surface area contributed by atoms with Crippen molar-refractivity contribution in [2.75, 3.05) is 26.7 Å². The highest BCUT2D eigenvalue weighted by molar-refractivity contribution is 5.94. The molecular weight excluding hydrogens is 390 g/mol. The largest absolute Gasteiger partial charge is 0.497 e. The highest BCUT2D eigenvalue weighted by Crippen LogP contribution is 2.42. The van der Waals surface area contributed by atoms with Crippen LogP contribution >= 0.6 is 0 Å². The minimum absolute atomic E-state index is 0.0374. The summed E-state index contributed by atoms with van der Waals surface area (Å²) in [4.78, 5) is 32.1. The summed E-state index contributed by atoms with van der Waals surface area (Å²) in [5, 5.41) is 0. The molecule has 0 unspecified atom stereocenters. The lowest BCUT2D eigenvalue weighted by molar-refractivity contribution is -0.0642. The fourth-order valence-electron chi connectivity index (χ4n) is 6.12. The van der Waals surface area contributed by atoms with Gasteiger partial charge in [0.2, 0.25) is 5.56 Å². The Morgan fingerprint density at radius 2 is 2.03 bits per heavy atom. The number of nitrogens with one attached hydrogen (secondary N) is 1. The van der Waals surface area contributed by atoms with E-state index in [1.165, 1.54) is 43.9 Å². The Hall–Kier alpha value is -2.60. The van der Waals surface area contributed by atoms with Crippen molar-refractivity contribution < 1.29 is 9.53 Å². The van der Waals surface area contributed by atoms with Gasteiger partial charge in [0.15, 0.2) is 0 Å². The molecule has 1 aromatic carbocycles. The standard InChI is InChI=1S/C25H31N3O3/c1-31-21-6-4-5-17(11-21)12-23-20-13-19(22-7-2-3-10-28(22)23)15-27(16-20)25(30)18-8-9-24(29)26-14-18/h4-6,8-9,11,14,19-20,22-23H,2-3,7,10,12-13,15-16H2,1H3,(H,26,29)/t19-,20+,22+,23+/m1/s1. The highest BCUT2D eigenvalue weighted by atomic mass is 16.5. The number of piperidine rings is 3. The Bertz CT molecular complexity index is 983. The molecule has 0 radical (unpaired) electrons. The van der Waals surface area contributed by atoms with Crippen LogP contribution in [0.2, 0.25) is 0 Å². The Labute approximate surface area is 183 Å². The van der Waals surface area contributed by atoms with E-state index < -0.39 is 0 Å². The zero-order valence-corrected chi connectivity index (χ0v) is 18.1. The van der Waals surface area contributed by atoms with Gasteiger partial charge in [0.25, 0.3) is 5.91 Å². The number of pyridine rings is 1. The number of fused-ring (bicyclic) bond motifs is 4. The van der Waals surface area contributed by atoms with E-state index in [1.807, 2.05) is 11.0 Å². The third-order valence-electron chi connectivity index (χ3n) is 7.52. The number of methoxy groups -OCH3 is 1. The van der Waals surface area contributed by atoms with Crippen LogP contribution in [0.3, 0.4) is 0 Å². The lowest BCUT2D eigenvalue weighted by atomic mass is 9.71. The molecule has 2 aromatic rings. The van der Waals surface area contributed by atoms with Crippen LogP contribution in [0.25, 0.3) is 0 Å². The number of rotatable bonds is 4. The van der Waals surface area contributed by atoms with E-state index in [2.05, 4.69) is 28.1 Å². The van der Waals surface area contributed by atoms with Gasteiger partial charge in [-0.1, -0.05) is 18.6 Å². The molecule has 3 aliphatic rings. The van der Waals surface area contributed by atoms with Crippen molar-refractivity contribution in [1.29, 1.82) is 0 Å². The van der Waals surface area contributed by atoms with E-state index >= 15 is 0 Å². The number of amides is 1. The van der Waals surface area contributed by atoms with Crippen LogP contribution in [0.1, 0.15) is 41.6 Å². The van der Waals surface area contributed by atoms with Gasteiger partial charge in [-0.3, -0.25) is 14.5 Å². The quantitative estimate of drug-likeness (QED) is 0.824. The third-order valence-corrected chi connectivity index (χ3v) is 7.52. The molecule has 164 valence electrons. The Morgan fingerprint density at radius 1 is 1.16 bits per heavy atom. The highest BCUT2D eigenvalue weighted by Gasteiger charge is 2.47. The molecule has 1 N–H and O–H groups in total. The minimum atomic E-state index is -0.178. The van der Waals surface area contributed by atoms with E-state index in [-0.39, 0.29) is 11.5 Å². The van der Waals surface area contributed by atoms with Crippen molar-refractivity contribution in [3.05, 3.63) is 64.1 Å². The molecular formula is C25H31N3O3. The number of carbonyl (C=O) groups excluding carboxylic acids is 1. The molecule has 0 saturated carbocycles. The molecule has 6 nitrogen and oxygen atoms in total. The van der Waals surface area contributed by atoms with Crippen LogP contribution in [0.15, 0.2) is 47.4 Å². The van der Waals surface area contributed by atoms with Gasteiger partial charge in [0, 0.05) is 37.4 Å². The third kappa shape index (κ3) is 4.01. The van der Waals surface area contributed by atoms with Gasteiger partial charge < -0.3 is 14.6 Å². The van der Waals surface area contributed by atoms with Gasteiger partial charge in [0.1, 0.15) is 5.75 Å². The van der Waals surface area contributed by atoms with E-state index in [4.69, 9.17) is 4.74 Å². The van der Waals surface area contributed by atoms with Crippen molar-refractivity contribution in [3.63, 3.8) is 0 Å². The molecule has 0 aliphatic carbocycles. The molecule has 5 rings (SSSR count). The van der Waals surface area contributed by atoms with Crippen LogP contribution in [-0.4, -0.2) is 59.5 Å². The Kier molecular flexibility index (Phi) is 5.57. The summed E-state index contributed by atoms with van der Waals surface area (Å²) in [5.41, 5.74) is 1.70. The fourth-order valence-corrected chi connectivity index (χ4v) is 6.12. The van der Waals surface area contributed by atoms with Crippen molar-refractivity contribution in [3.8, 4) is 5.75 Å². The molecule has 2 bridgehead atoms. The van der Waals surface area contributed by atoms with Gasteiger partial charge >= 0.3 is 0 Å². The molecule has 3 aliphatic heterocycles. The monoisotopic (exact) mass is 421 g/mol. The fraction of sp³-hybridized carbons (Fsp3) is 0.520. The van der Waals surface area contributed by atoms with Crippen LogP contribution in [0.5, 0.6) is 5.75 Å². The van der Waals surface area contributed by atoms with Crippen molar-refractivity contribution in [2.24, 2.45) is 11.8 Å². The predicted octanol–water partition coefficient (Wildman–Crippen LogP) is 2.94. The molecule has 31 heavy (non-hydrogen) atoms. The average molecular weight is 422 g/mol. The maximum Gasteiger partial charge on any atom is 0.255 e. The second-order valence-corrected chi connectivity index (χ2v) is 9.33. The second kappa shape index (κ2) is 8.50. The van der Waals surface area contributed by atoms with Gasteiger partial charge in [-0.25, -0.2) is 0 Å². The smallest absolute Gasteiger partial charge is 0.255 e. The summed E-state index contributed by atoms with van der Waals surface area (Å²) in [5.74, 6) is 1.94. The zero-order chi connectivity index (χ0) is 21.4. The van der Waals surface area contributed by atoms with Crippen molar-refractivity contribution >= 4 is 5.91 Å². The number of likely N-dealkylation sites (tertiary alicyclic amines) is 1. The summed E-state index contributed by atoms with van der Waals surface area (Å²) in [6.45, 7) is 2.77. The Balaban J connectivity index is 1.41. The first-order valence-corrected chi connectivity index (χ1v) is 11.5. The van der Waals surface area contributed by atoms with E-state index in [1.54, 1.807) is 19.4 Å². The predicted molar refractivity (Wildman–Crippen MR) is 119 cm³/mol. The molecule has 4 heterocycles. The van der Waals surface area contributed by atoms with Gasteiger partial charge in [-0.2, -0.15) is 0 Å². The first kappa shape index (κ1) is 20.3. The van der Waals surface area contributed by atoms with Crippen LogP contribution in [0.4, 0.5) is 0 Å². The molecule has 1 amide bonds. The topological polar surface area (TPSA) is 65.6 Å². The second-order valence-electron chi connectivity index (χ2n) is 9.33. The number of hydrogen-bond acceptors (Lipinski definition) is 4. The molecule has 6 heteroatoms. The van der Waals surface area contributed by atoms with Crippen LogP contribution < -0.4 is 10.3 Å². The van der Waals surface area contributed by atoms with E-state index in [0.29, 0.717) is 29.5 Å². The number of ether oxygens (including phenoxy) is 1. The summed E-state index contributed by atoms with van der Waals surface area (Å²) >= 11 is 0.